The predicted molar refractivity (Wildman–Crippen MR) is 131 cm³/mol. The Bertz CT molecular complexity index is 1270. The van der Waals surface area contributed by atoms with Crippen LogP contribution >= 0.6 is 11.6 Å². The number of hydrogen-bond donors (Lipinski definition) is 2. The fourth-order valence-corrected chi connectivity index (χ4v) is 5.06. The van der Waals surface area contributed by atoms with E-state index in [0.29, 0.717) is 35.2 Å². The maximum Gasteiger partial charge on any atom is 0.279 e. The molecule has 2 aromatic carbocycles. The molecule has 1 fully saturated rings. The summed E-state index contributed by atoms with van der Waals surface area (Å²) in [5.41, 5.74) is 3.27. The van der Waals surface area contributed by atoms with E-state index in [9.17, 15) is 13.2 Å². The van der Waals surface area contributed by atoms with Gasteiger partial charge in [-0.2, -0.15) is 0 Å². The van der Waals surface area contributed by atoms with Crippen LogP contribution in [0.5, 0.6) is 5.75 Å². The molecule has 1 aliphatic heterocycles. The molecule has 0 spiro atoms. The highest BCUT2D eigenvalue weighted by atomic mass is 35.5. The Balaban J connectivity index is 1.58. The molecule has 0 aliphatic carbocycles. The zero-order valence-corrected chi connectivity index (χ0v) is 19.5. The first-order valence-corrected chi connectivity index (χ1v) is 12.4. The van der Waals surface area contributed by atoms with Gasteiger partial charge in [-0.25, -0.2) is 8.42 Å². The molecule has 3 aromatic rings. The molecule has 33 heavy (non-hydrogen) atoms. The highest BCUT2D eigenvalue weighted by Gasteiger charge is 2.25. The highest BCUT2D eigenvalue weighted by molar-refractivity contribution is 7.91. The number of hydrogen-bond acceptors (Lipinski definition) is 6. The van der Waals surface area contributed by atoms with Crippen LogP contribution in [0.2, 0.25) is 5.02 Å². The Morgan fingerprint density at radius 2 is 1.82 bits per heavy atom. The topological polar surface area (TPSA) is 107 Å². The Kier molecular flexibility index (Phi) is 6.44. The number of rotatable bonds is 6. The number of H-pyrrole nitrogens is 1. The van der Waals surface area contributed by atoms with E-state index in [1.165, 1.54) is 12.0 Å². The second kappa shape index (κ2) is 9.29. The summed E-state index contributed by atoms with van der Waals surface area (Å²) in [6.45, 7) is 0.752. The Hall–Kier alpha value is -3.30. The van der Waals surface area contributed by atoms with Gasteiger partial charge in [-0.3, -0.25) is 15.1 Å². The minimum absolute atomic E-state index is 0.0891. The third-order valence-electron chi connectivity index (χ3n) is 5.57. The van der Waals surface area contributed by atoms with E-state index in [4.69, 9.17) is 21.7 Å². The summed E-state index contributed by atoms with van der Waals surface area (Å²) in [6, 6.07) is 14.2. The molecule has 1 aliphatic rings. The molecule has 4 rings (SSSR count). The SMILES string of the molecule is COc1cc(N(C=N)C(=O)c2cc(-c3ccc(Cl)cc3)c[nH]2)ccc1N1CCS(=O)(=O)CC1. The standard InChI is InChI=1S/C23H23ClN4O4S/c1-32-22-13-19(6-7-21(22)27-8-10-33(30,31)11-9-27)28(15-25)23(29)20-12-17(14-26-20)16-2-4-18(24)5-3-16/h2-7,12-15,25-26H,8-11H2,1H3. The Labute approximate surface area is 197 Å². The summed E-state index contributed by atoms with van der Waals surface area (Å²) in [6.07, 6.45) is 2.68. The first kappa shape index (κ1) is 22.9. The summed E-state index contributed by atoms with van der Waals surface area (Å²) >= 11 is 5.95. The first-order chi connectivity index (χ1) is 15.8. The molecule has 1 aromatic heterocycles. The van der Waals surface area contributed by atoms with Gasteiger partial charge in [0.05, 0.1) is 36.3 Å². The van der Waals surface area contributed by atoms with Crippen LogP contribution in [0.15, 0.2) is 54.7 Å². The van der Waals surface area contributed by atoms with Crippen molar-refractivity contribution in [3.05, 3.63) is 65.4 Å². The van der Waals surface area contributed by atoms with Crippen LogP contribution in [-0.2, 0) is 9.84 Å². The molecule has 2 heterocycles. The van der Waals surface area contributed by atoms with Gasteiger partial charge in [0, 0.05) is 30.4 Å². The number of amides is 1. The molecule has 1 saturated heterocycles. The molecular weight excluding hydrogens is 464 g/mol. The number of aromatic amines is 1. The van der Waals surface area contributed by atoms with Crippen LogP contribution < -0.4 is 14.5 Å². The quantitative estimate of drug-likeness (QED) is 0.406. The van der Waals surface area contributed by atoms with Gasteiger partial charge < -0.3 is 14.6 Å². The maximum absolute atomic E-state index is 13.1. The van der Waals surface area contributed by atoms with Crippen molar-refractivity contribution in [1.82, 2.24) is 4.98 Å². The second-order valence-corrected chi connectivity index (χ2v) is 10.3. The molecule has 1 amide bonds. The Morgan fingerprint density at radius 3 is 2.45 bits per heavy atom. The number of anilines is 2. The smallest absolute Gasteiger partial charge is 0.279 e. The molecule has 172 valence electrons. The molecule has 0 radical (unpaired) electrons. The summed E-state index contributed by atoms with van der Waals surface area (Å²) < 4.78 is 29.0. The van der Waals surface area contributed by atoms with Crippen molar-refractivity contribution in [3.63, 3.8) is 0 Å². The number of benzene rings is 2. The van der Waals surface area contributed by atoms with Gasteiger partial charge in [0.25, 0.3) is 5.91 Å². The second-order valence-electron chi connectivity index (χ2n) is 7.61. The van der Waals surface area contributed by atoms with E-state index in [1.807, 2.05) is 17.0 Å². The van der Waals surface area contributed by atoms with Crippen molar-refractivity contribution in [2.75, 3.05) is 41.5 Å². The van der Waals surface area contributed by atoms with Crippen LogP contribution in [0.3, 0.4) is 0 Å². The lowest BCUT2D eigenvalue weighted by Gasteiger charge is -2.30. The lowest BCUT2D eigenvalue weighted by molar-refractivity contribution is 0.0999. The van der Waals surface area contributed by atoms with Gasteiger partial charge >= 0.3 is 0 Å². The minimum atomic E-state index is -3.01. The monoisotopic (exact) mass is 486 g/mol. The molecule has 2 N–H and O–H groups in total. The zero-order chi connectivity index (χ0) is 23.6. The van der Waals surface area contributed by atoms with E-state index >= 15 is 0 Å². The third-order valence-corrected chi connectivity index (χ3v) is 7.43. The largest absolute Gasteiger partial charge is 0.495 e. The van der Waals surface area contributed by atoms with Crippen LogP contribution in [0, 0.1) is 5.41 Å². The number of halogens is 1. The van der Waals surface area contributed by atoms with Crippen molar-refractivity contribution in [2.45, 2.75) is 0 Å². The van der Waals surface area contributed by atoms with Crippen molar-refractivity contribution < 1.29 is 17.9 Å². The van der Waals surface area contributed by atoms with Gasteiger partial charge in [-0.05, 0) is 41.5 Å². The molecule has 8 nitrogen and oxygen atoms in total. The zero-order valence-electron chi connectivity index (χ0n) is 17.9. The molecule has 0 saturated carbocycles. The number of nitrogens with one attached hydrogen (secondary N) is 2. The van der Waals surface area contributed by atoms with Crippen molar-refractivity contribution in [3.8, 4) is 16.9 Å². The minimum Gasteiger partial charge on any atom is -0.495 e. The maximum atomic E-state index is 13.1. The van der Waals surface area contributed by atoms with E-state index < -0.39 is 15.7 Å². The number of sulfone groups is 1. The molecule has 10 heteroatoms. The van der Waals surface area contributed by atoms with E-state index in [2.05, 4.69) is 4.98 Å². The molecule has 0 unspecified atom stereocenters. The first-order valence-electron chi connectivity index (χ1n) is 10.2. The number of carbonyl (C=O) groups excluding carboxylic acids is 1. The van der Waals surface area contributed by atoms with E-state index in [-0.39, 0.29) is 11.5 Å². The van der Waals surface area contributed by atoms with Crippen molar-refractivity contribution >= 4 is 45.1 Å². The fourth-order valence-electron chi connectivity index (χ4n) is 3.74. The molecular formula is C23H23ClN4O4S. The van der Waals surface area contributed by atoms with E-state index in [1.54, 1.807) is 42.6 Å². The lowest BCUT2D eigenvalue weighted by atomic mass is 10.1. The van der Waals surface area contributed by atoms with Gasteiger partial charge in [-0.15, -0.1) is 0 Å². The van der Waals surface area contributed by atoms with Gasteiger partial charge in [0.2, 0.25) is 0 Å². The van der Waals surface area contributed by atoms with Gasteiger partial charge in [0.15, 0.2) is 9.84 Å². The van der Waals surface area contributed by atoms with Gasteiger partial charge in [-0.1, -0.05) is 23.7 Å². The predicted octanol–water partition coefficient (Wildman–Crippen LogP) is 3.83. The average Bonchev–Trinajstić information content (AvgIpc) is 3.30. The number of aromatic nitrogens is 1. The third kappa shape index (κ3) is 4.89. The number of methoxy groups -OCH3 is 1. The summed E-state index contributed by atoms with van der Waals surface area (Å²) in [5, 5.41) is 8.45. The average molecular weight is 487 g/mol. The number of ether oxygens (including phenoxy) is 1. The summed E-state index contributed by atoms with van der Waals surface area (Å²) in [4.78, 5) is 19.3. The van der Waals surface area contributed by atoms with Crippen molar-refractivity contribution in [1.29, 1.82) is 5.41 Å². The summed E-state index contributed by atoms with van der Waals surface area (Å²) in [7, 11) is -1.49. The van der Waals surface area contributed by atoms with Crippen LogP contribution in [0.1, 0.15) is 10.5 Å². The van der Waals surface area contributed by atoms with Gasteiger partial charge in [0.1, 0.15) is 11.4 Å². The van der Waals surface area contributed by atoms with Crippen LogP contribution in [0.4, 0.5) is 11.4 Å². The summed E-state index contributed by atoms with van der Waals surface area (Å²) in [5.74, 6) is 0.279. The number of carbonyl (C=O) groups is 1. The lowest BCUT2D eigenvalue weighted by Crippen LogP contribution is -2.40. The van der Waals surface area contributed by atoms with Crippen LogP contribution in [0.25, 0.3) is 11.1 Å². The molecule has 0 atom stereocenters. The highest BCUT2D eigenvalue weighted by Crippen LogP contribution is 2.34. The van der Waals surface area contributed by atoms with E-state index in [0.717, 1.165) is 23.2 Å². The molecule has 0 bridgehead atoms. The Morgan fingerprint density at radius 1 is 1.12 bits per heavy atom. The number of nitrogens with zero attached hydrogens (tertiary/aromatic N) is 2. The normalized spacial score (nSPS) is 15.2. The van der Waals surface area contributed by atoms with Crippen molar-refractivity contribution in [2.24, 2.45) is 0 Å². The van der Waals surface area contributed by atoms with Crippen LogP contribution in [-0.4, -0.2) is 57.4 Å². The fraction of sp³-hybridized carbons (Fsp3) is 0.217.